The Hall–Kier alpha value is -3.33. The number of anilines is 3. The Morgan fingerprint density at radius 2 is 1.68 bits per heavy atom. The Kier molecular flexibility index (Phi) is 5.65. The van der Waals surface area contributed by atoms with E-state index < -0.39 is 6.03 Å². The quantitative estimate of drug-likeness (QED) is 0.616. The van der Waals surface area contributed by atoms with E-state index in [9.17, 15) is 9.59 Å². The van der Waals surface area contributed by atoms with Crippen LogP contribution < -0.4 is 16.0 Å². The number of hydrogen-bond acceptors (Lipinski definition) is 6. The summed E-state index contributed by atoms with van der Waals surface area (Å²) in [7, 11) is 0. The molecule has 3 rings (SSSR count). The van der Waals surface area contributed by atoms with E-state index in [1.54, 1.807) is 6.92 Å². The van der Waals surface area contributed by atoms with Crippen LogP contribution in [-0.4, -0.2) is 26.9 Å². The van der Waals surface area contributed by atoms with Crippen molar-refractivity contribution in [3.8, 4) is 0 Å². The minimum atomic E-state index is -0.508. The van der Waals surface area contributed by atoms with E-state index in [4.69, 9.17) is 0 Å². The summed E-state index contributed by atoms with van der Waals surface area (Å²) in [5.74, 6) is 0.0593. The van der Waals surface area contributed by atoms with Gasteiger partial charge in [-0.25, -0.2) is 14.8 Å². The number of urea groups is 1. The molecule has 0 unspecified atom stereocenters. The van der Waals surface area contributed by atoms with Crippen LogP contribution in [0.25, 0.3) is 0 Å². The first kappa shape index (κ1) is 19.4. The topological polar surface area (TPSA) is 109 Å². The lowest BCUT2D eigenvalue weighted by Crippen LogP contribution is -2.20. The van der Waals surface area contributed by atoms with Crippen LogP contribution >= 0.6 is 11.3 Å². The van der Waals surface area contributed by atoms with E-state index in [1.165, 1.54) is 18.6 Å². The summed E-state index contributed by atoms with van der Waals surface area (Å²) in [4.78, 5) is 37.3. The maximum absolute atomic E-state index is 12.7. The van der Waals surface area contributed by atoms with Gasteiger partial charge in [-0.15, -0.1) is 0 Å². The summed E-state index contributed by atoms with van der Waals surface area (Å²) in [6.45, 7) is 7.66. The van der Waals surface area contributed by atoms with Crippen LogP contribution in [0.2, 0.25) is 0 Å². The molecule has 0 saturated carbocycles. The second-order valence-electron chi connectivity index (χ2n) is 6.33. The van der Waals surface area contributed by atoms with Gasteiger partial charge in [0, 0.05) is 18.1 Å². The molecule has 1 aromatic carbocycles. The van der Waals surface area contributed by atoms with Crippen molar-refractivity contribution >= 4 is 39.9 Å². The molecule has 3 aromatic rings. The molecule has 144 valence electrons. The number of nitrogens with zero attached hydrogens (tertiary/aromatic N) is 3. The van der Waals surface area contributed by atoms with Gasteiger partial charge < -0.3 is 5.32 Å². The first-order valence-electron chi connectivity index (χ1n) is 8.54. The molecule has 0 aliphatic rings. The van der Waals surface area contributed by atoms with Crippen molar-refractivity contribution in [1.82, 2.24) is 15.0 Å². The van der Waals surface area contributed by atoms with Crippen molar-refractivity contribution in [3.05, 3.63) is 58.0 Å². The zero-order chi connectivity index (χ0) is 20.3. The van der Waals surface area contributed by atoms with Crippen molar-refractivity contribution in [2.24, 2.45) is 0 Å². The molecule has 0 radical (unpaired) electrons. The average molecular weight is 396 g/mol. The normalized spacial score (nSPS) is 10.4. The molecule has 0 aliphatic carbocycles. The van der Waals surface area contributed by atoms with Crippen LogP contribution in [0.15, 0.2) is 30.7 Å². The minimum Gasteiger partial charge on any atom is -0.321 e. The van der Waals surface area contributed by atoms with Crippen LogP contribution in [0.1, 0.15) is 32.1 Å². The highest BCUT2D eigenvalue weighted by atomic mass is 32.1. The Morgan fingerprint density at radius 3 is 2.32 bits per heavy atom. The van der Waals surface area contributed by atoms with E-state index >= 15 is 0 Å². The van der Waals surface area contributed by atoms with E-state index in [0.717, 1.165) is 33.7 Å². The van der Waals surface area contributed by atoms with Gasteiger partial charge in [0.1, 0.15) is 4.88 Å². The van der Waals surface area contributed by atoms with Gasteiger partial charge in [-0.3, -0.25) is 20.4 Å². The number of benzene rings is 1. The van der Waals surface area contributed by atoms with Crippen LogP contribution in [0.4, 0.5) is 21.4 Å². The average Bonchev–Trinajstić information content (AvgIpc) is 2.99. The fourth-order valence-electron chi connectivity index (χ4n) is 2.82. The van der Waals surface area contributed by atoms with E-state index in [1.807, 2.05) is 32.9 Å². The lowest BCUT2D eigenvalue weighted by molar-refractivity contribution is 0.102. The summed E-state index contributed by atoms with van der Waals surface area (Å²) in [6, 6.07) is 3.53. The summed E-state index contributed by atoms with van der Waals surface area (Å²) in [5, 5.41) is 8.44. The second kappa shape index (κ2) is 8.13. The van der Waals surface area contributed by atoms with E-state index in [2.05, 4.69) is 30.9 Å². The third-order valence-electron chi connectivity index (χ3n) is 3.94. The number of rotatable bonds is 4. The first-order valence-corrected chi connectivity index (χ1v) is 9.36. The molecule has 0 spiro atoms. The third-order valence-corrected chi connectivity index (χ3v) is 5.02. The summed E-state index contributed by atoms with van der Waals surface area (Å²) >= 11 is 1.11. The molecule has 8 nitrogen and oxygen atoms in total. The van der Waals surface area contributed by atoms with Crippen molar-refractivity contribution in [2.45, 2.75) is 27.7 Å². The lowest BCUT2D eigenvalue weighted by atomic mass is 10.1. The van der Waals surface area contributed by atoms with E-state index in [-0.39, 0.29) is 5.91 Å². The van der Waals surface area contributed by atoms with E-state index in [0.29, 0.717) is 21.5 Å². The van der Waals surface area contributed by atoms with Crippen molar-refractivity contribution in [3.63, 3.8) is 0 Å². The molecule has 28 heavy (non-hydrogen) atoms. The Balaban J connectivity index is 1.71. The predicted octanol–water partition coefficient (Wildman–Crippen LogP) is 4.06. The number of aryl methyl sites for hydroxylation is 4. The molecule has 3 amide bonds. The number of amides is 3. The Labute approximate surface area is 166 Å². The van der Waals surface area contributed by atoms with Gasteiger partial charge in [0.05, 0.1) is 11.9 Å². The van der Waals surface area contributed by atoms with Crippen LogP contribution in [0.5, 0.6) is 0 Å². The number of aromatic nitrogens is 3. The maximum Gasteiger partial charge on any atom is 0.326 e. The molecule has 2 aromatic heterocycles. The fourth-order valence-corrected chi connectivity index (χ4v) is 3.67. The zero-order valence-electron chi connectivity index (χ0n) is 16.0. The molecular weight excluding hydrogens is 376 g/mol. The Morgan fingerprint density at radius 1 is 0.964 bits per heavy atom. The Bertz CT molecular complexity index is 1010. The molecule has 3 N–H and O–H groups in total. The molecule has 0 fully saturated rings. The van der Waals surface area contributed by atoms with Gasteiger partial charge in [0.15, 0.2) is 10.9 Å². The smallest absolute Gasteiger partial charge is 0.321 e. The molecule has 2 heterocycles. The highest BCUT2D eigenvalue weighted by molar-refractivity contribution is 7.17. The van der Waals surface area contributed by atoms with Gasteiger partial charge in [-0.2, -0.15) is 0 Å². The first-order chi connectivity index (χ1) is 13.3. The predicted molar refractivity (Wildman–Crippen MR) is 110 cm³/mol. The standard InChI is InChI=1S/C19H20N6O2S/c1-10-7-11(2)15(12(3)8-10)24-17(26)16-13(4)22-19(28-16)25-18(27)23-14-9-20-5-6-21-14/h5-9H,1-4H3,(H,24,26)(H2,21,22,23,25,27). The van der Waals surface area contributed by atoms with Crippen molar-refractivity contribution in [2.75, 3.05) is 16.0 Å². The number of carbonyl (C=O) groups is 2. The highest BCUT2D eigenvalue weighted by Crippen LogP contribution is 2.26. The number of thiazole rings is 1. The highest BCUT2D eigenvalue weighted by Gasteiger charge is 2.18. The molecule has 9 heteroatoms. The SMILES string of the molecule is Cc1cc(C)c(NC(=O)c2sc(NC(=O)Nc3cnccn3)nc2C)c(C)c1. The minimum absolute atomic E-state index is 0.257. The molecule has 0 saturated heterocycles. The summed E-state index contributed by atoms with van der Waals surface area (Å²) in [6.07, 6.45) is 4.41. The zero-order valence-corrected chi connectivity index (χ0v) is 16.8. The number of hydrogen-bond donors (Lipinski definition) is 3. The molecule has 0 bridgehead atoms. The third kappa shape index (κ3) is 4.49. The second-order valence-corrected chi connectivity index (χ2v) is 7.33. The van der Waals surface area contributed by atoms with Gasteiger partial charge in [-0.05, 0) is 38.8 Å². The lowest BCUT2D eigenvalue weighted by Gasteiger charge is -2.12. The number of nitrogens with one attached hydrogen (secondary N) is 3. The number of carbonyl (C=O) groups excluding carboxylic acids is 2. The monoisotopic (exact) mass is 396 g/mol. The molecule has 0 aliphatic heterocycles. The largest absolute Gasteiger partial charge is 0.326 e. The van der Waals surface area contributed by atoms with Crippen molar-refractivity contribution < 1.29 is 9.59 Å². The molecular formula is C19H20N6O2S. The van der Waals surface area contributed by atoms with Crippen molar-refractivity contribution in [1.29, 1.82) is 0 Å². The van der Waals surface area contributed by atoms with Gasteiger partial charge in [0.25, 0.3) is 5.91 Å². The maximum atomic E-state index is 12.7. The van der Waals surface area contributed by atoms with Crippen LogP contribution in [0, 0.1) is 27.7 Å². The van der Waals surface area contributed by atoms with Crippen LogP contribution in [0.3, 0.4) is 0 Å². The fraction of sp³-hybridized carbons (Fsp3) is 0.211. The summed E-state index contributed by atoms with van der Waals surface area (Å²) < 4.78 is 0. The molecule has 0 atom stereocenters. The van der Waals surface area contributed by atoms with Crippen LogP contribution in [-0.2, 0) is 0 Å². The summed E-state index contributed by atoms with van der Waals surface area (Å²) in [5.41, 5.74) is 4.46. The van der Waals surface area contributed by atoms with Gasteiger partial charge in [0.2, 0.25) is 0 Å². The van der Waals surface area contributed by atoms with Gasteiger partial charge >= 0.3 is 6.03 Å². The van der Waals surface area contributed by atoms with Gasteiger partial charge in [-0.1, -0.05) is 29.0 Å².